The van der Waals surface area contributed by atoms with Gasteiger partial charge in [0.15, 0.2) is 0 Å². The minimum absolute atomic E-state index is 0. The van der Waals surface area contributed by atoms with Gasteiger partial charge in [-0.3, -0.25) is 0 Å². The Hall–Kier alpha value is -1.61. The molecule has 2 N–H and O–H groups in total. The van der Waals surface area contributed by atoms with E-state index in [-0.39, 0.29) is 12.4 Å². The summed E-state index contributed by atoms with van der Waals surface area (Å²) in [6, 6.07) is 9.59. The molecular formula is C12H15ClN2O. The zero-order chi connectivity index (χ0) is 10.7. The van der Waals surface area contributed by atoms with E-state index in [9.17, 15) is 0 Å². The van der Waals surface area contributed by atoms with Gasteiger partial charge in [-0.15, -0.1) is 12.4 Å². The largest absolute Gasteiger partial charge is 0.492 e. The zero-order valence-electron chi connectivity index (χ0n) is 9.09. The van der Waals surface area contributed by atoms with Gasteiger partial charge < -0.3 is 15.0 Å². The fraction of sp³-hybridized carbons (Fsp3) is 0.167. The summed E-state index contributed by atoms with van der Waals surface area (Å²) in [5.74, 6) is 0.850. The van der Waals surface area contributed by atoms with Crippen molar-refractivity contribution in [1.82, 2.24) is 4.57 Å². The van der Waals surface area contributed by atoms with Crippen molar-refractivity contribution >= 4 is 18.1 Å². The number of ether oxygens (including phenoxy) is 1. The predicted octanol–water partition coefficient (Wildman–Crippen LogP) is 2.88. The SMILES string of the molecule is CCOc1ccc(N)cc1-n1cccc1.Cl. The van der Waals surface area contributed by atoms with E-state index in [4.69, 9.17) is 10.5 Å². The average Bonchev–Trinajstić information content (AvgIpc) is 2.74. The van der Waals surface area contributed by atoms with E-state index in [1.54, 1.807) is 0 Å². The Morgan fingerprint density at radius 1 is 1.25 bits per heavy atom. The molecule has 0 saturated heterocycles. The molecule has 0 spiro atoms. The van der Waals surface area contributed by atoms with Gasteiger partial charge in [-0.25, -0.2) is 0 Å². The molecule has 2 aromatic rings. The molecule has 0 unspecified atom stereocenters. The van der Waals surface area contributed by atoms with Gasteiger partial charge in [0.25, 0.3) is 0 Å². The Kier molecular flexibility index (Phi) is 4.26. The molecule has 0 bridgehead atoms. The van der Waals surface area contributed by atoms with Crippen LogP contribution in [0.25, 0.3) is 5.69 Å². The minimum Gasteiger partial charge on any atom is -0.492 e. The van der Waals surface area contributed by atoms with Gasteiger partial charge in [-0.05, 0) is 37.3 Å². The number of rotatable bonds is 3. The normalized spacial score (nSPS) is 9.56. The monoisotopic (exact) mass is 238 g/mol. The third-order valence-electron chi connectivity index (χ3n) is 2.17. The number of benzene rings is 1. The highest BCUT2D eigenvalue weighted by Gasteiger charge is 2.04. The van der Waals surface area contributed by atoms with E-state index in [0.717, 1.165) is 17.1 Å². The first-order valence-corrected chi connectivity index (χ1v) is 4.97. The molecule has 16 heavy (non-hydrogen) atoms. The van der Waals surface area contributed by atoms with Crippen molar-refractivity contribution in [1.29, 1.82) is 0 Å². The standard InChI is InChI=1S/C12H14N2O.ClH/c1-2-15-12-6-5-10(13)9-11(12)14-7-3-4-8-14;/h3-9H,2,13H2,1H3;1H. The van der Waals surface area contributed by atoms with Crippen LogP contribution in [0.3, 0.4) is 0 Å². The Morgan fingerprint density at radius 2 is 1.94 bits per heavy atom. The first kappa shape index (κ1) is 12.5. The van der Waals surface area contributed by atoms with Crippen LogP contribution < -0.4 is 10.5 Å². The lowest BCUT2D eigenvalue weighted by Gasteiger charge is -2.11. The Bertz CT molecular complexity index is 440. The van der Waals surface area contributed by atoms with Gasteiger partial charge >= 0.3 is 0 Å². The summed E-state index contributed by atoms with van der Waals surface area (Å²) in [6.45, 7) is 2.62. The van der Waals surface area contributed by atoms with Crippen molar-refractivity contribution in [2.45, 2.75) is 6.92 Å². The van der Waals surface area contributed by atoms with Crippen LogP contribution in [0.2, 0.25) is 0 Å². The number of nitrogens with zero attached hydrogens (tertiary/aromatic N) is 1. The third-order valence-corrected chi connectivity index (χ3v) is 2.17. The van der Waals surface area contributed by atoms with Gasteiger partial charge in [0.1, 0.15) is 5.75 Å². The summed E-state index contributed by atoms with van der Waals surface area (Å²) in [7, 11) is 0. The van der Waals surface area contributed by atoms with Crippen molar-refractivity contribution < 1.29 is 4.74 Å². The molecule has 0 aliphatic carbocycles. The number of nitrogens with two attached hydrogens (primary N) is 1. The molecule has 0 saturated carbocycles. The van der Waals surface area contributed by atoms with E-state index < -0.39 is 0 Å². The highest BCUT2D eigenvalue weighted by Crippen LogP contribution is 2.25. The van der Waals surface area contributed by atoms with Crippen molar-refractivity contribution in [3.05, 3.63) is 42.7 Å². The second kappa shape index (κ2) is 5.47. The van der Waals surface area contributed by atoms with Crippen molar-refractivity contribution in [3.63, 3.8) is 0 Å². The van der Waals surface area contributed by atoms with E-state index in [2.05, 4.69) is 0 Å². The smallest absolute Gasteiger partial charge is 0.143 e. The molecule has 4 heteroatoms. The van der Waals surface area contributed by atoms with Gasteiger partial charge in [-0.2, -0.15) is 0 Å². The summed E-state index contributed by atoms with van der Waals surface area (Å²) < 4.78 is 7.53. The lowest BCUT2D eigenvalue weighted by atomic mass is 10.2. The number of hydrogen-bond acceptors (Lipinski definition) is 2. The van der Waals surface area contributed by atoms with E-state index in [1.807, 2.05) is 54.2 Å². The molecule has 86 valence electrons. The molecule has 0 radical (unpaired) electrons. The first-order chi connectivity index (χ1) is 7.31. The van der Waals surface area contributed by atoms with Crippen LogP contribution in [-0.4, -0.2) is 11.2 Å². The van der Waals surface area contributed by atoms with Crippen LogP contribution in [0.4, 0.5) is 5.69 Å². The maximum atomic E-state index is 5.76. The van der Waals surface area contributed by atoms with E-state index in [0.29, 0.717) is 6.61 Å². The van der Waals surface area contributed by atoms with Crippen LogP contribution >= 0.6 is 12.4 Å². The maximum Gasteiger partial charge on any atom is 0.143 e. The third kappa shape index (κ3) is 2.49. The molecule has 0 atom stereocenters. The number of anilines is 1. The summed E-state index contributed by atoms with van der Waals surface area (Å²) >= 11 is 0. The highest BCUT2D eigenvalue weighted by molar-refractivity contribution is 5.85. The number of nitrogen functional groups attached to an aromatic ring is 1. The second-order valence-electron chi connectivity index (χ2n) is 3.25. The van der Waals surface area contributed by atoms with Gasteiger partial charge in [0.2, 0.25) is 0 Å². The number of halogens is 1. The molecule has 0 amide bonds. The lowest BCUT2D eigenvalue weighted by Crippen LogP contribution is -2.00. The second-order valence-corrected chi connectivity index (χ2v) is 3.25. The van der Waals surface area contributed by atoms with Gasteiger partial charge in [0, 0.05) is 18.1 Å². The van der Waals surface area contributed by atoms with Crippen LogP contribution in [-0.2, 0) is 0 Å². The molecular weight excluding hydrogens is 224 g/mol. The van der Waals surface area contributed by atoms with Crippen molar-refractivity contribution in [2.75, 3.05) is 12.3 Å². The summed E-state index contributed by atoms with van der Waals surface area (Å²) in [4.78, 5) is 0. The van der Waals surface area contributed by atoms with Gasteiger partial charge in [0.05, 0.1) is 12.3 Å². The minimum atomic E-state index is 0. The summed E-state index contributed by atoms with van der Waals surface area (Å²) in [5.41, 5.74) is 7.47. The first-order valence-electron chi connectivity index (χ1n) is 4.97. The summed E-state index contributed by atoms with van der Waals surface area (Å²) in [5, 5.41) is 0. The lowest BCUT2D eigenvalue weighted by molar-refractivity contribution is 0.339. The van der Waals surface area contributed by atoms with Crippen LogP contribution in [0, 0.1) is 0 Å². The van der Waals surface area contributed by atoms with Crippen molar-refractivity contribution in [2.24, 2.45) is 0 Å². The molecule has 3 nitrogen and oxygen atoms in total. The fourth-order valence-electron chi connectivity index (χ4n) is 1.51. The predicted molar refractivity (Wildman–Crippen MR) is 68.6 cm³/mol. The fourth-order valence-corrected chi connectivity index (χ4v) is 1.51. The van der Waals surface area contributed by atoms with Gasteiger partial charge in [-0.1, -0.05) is 0 Å². The zero-order valence-corrected chi connectivity index (χ0v) is 9.91. The van der Waals surface area contributed by atoms with Crippen molar-refractivity contribution in [3.8, 4) is 11.4 Å². The topological polar surface area (TPSA) is 40.2 Å². The van der Waals surface area contributed by atoms with E-state index >= 15 is 0 Å². The van der Waals surface area contributed by atoms with Crippen LogP contribution in [0.5, 0.6) is 5.75 Å². The number of aromatic nitrogens is 1. The Labute approximate surface area is 101 Å². The molecule has 0 fully saturated rings. The average molecular weight is 239 g/mol. The molecule has 0 aliphatic heterocycles. The molecule has 2 rings (SSSR count). The quantitative estimate of drug-likeness (QED) is 0.836. The molecule has 0 aliphatic rings. The summed E-state index contributed by atoms with van der Waals surface area (Å²) in [6.07, 6.45) is 3.94. The number of hydrogen-bond donors (Lipinski definition) is 1. The van der Waals surface area contributed by atoms with Crippen LogP contribution in [0.1, 0.15) is 6.92 Å². The molecule has 1 aromatic heterocycles. The maximum absolute atomic E-state index is 5.76. The Balaban J connectivity index is 0.00000128. The highest BCUT2D eigenvalue weighted by atomic mass is 35.5. The Morgan fingerprint density at radius 3 is 2.56 bits per heavy atom. The van der Waals surface area contributed by atoms with E-state index in [1.165, 1.54) is 0 Å². The molecule has 1 heterocycles. The van der Waals surface area contributed by atoms with Crippen LogP contribution in [0.15, 0.2) is 42.7 Å². The molecule has 1 aromatic carbocycles.